The zero-order valence-electron chi connectivity index (χ0n) is 10.3. The second-order valence-corrected chi connectivity index (χ2v) is 7.33. The molecule has 0 aromatic carbocycles. The minimum absolute atomic E-state index is 0.0576. The Labute approximate surface area is 102 Å². The van der Waals surface area contributed by atoms with E-state index < -0.39 is 9.84 Å². The van der Waals surface area contributed by atoms with Crippen LogP contribution in [0.15, 0.2) is 5.16 Å². The van der Waals surface area contributed by atoms with Crippen LogP contribution in [0.25, 0.3) is 0 Å². The summed E-state index contributed by atoms with van der Waals surface area (Å²) in [4.78, 5) is 0. The average molecular weight is 263 g/mol. The Bertz CT molecular complexity index is 388. The van der Waals surface area contributed by atoms with Crippen LogP contribution in [0.3, 0.4) is 0 Å². The minimum atomic E-state index is -2.95. The third kappa shape index (κ3) is 5.36. The number of hydrogen-bond donors (Lipinski definition) is 3. The predicted octanol–water partition coefficient (Wildman–Crippen LogP) is -0.0742. The Hall–Kier alpha value is -0.820. The molecule has 1 saturated carbocycles. The number of amidine groups is 1. The molecule has 0 aromatic heterocycles. The number of oxime groups is 1. The van der Waals surface area contributed by atoms with Crippen molar-refractivity contribution in [2.75, 3.05) is 18.6 Å². The average Bonchev–Trinajstić information content (AvgIpc) is 2.93. The first-order valence-electron chi connectivity index (χ1n) is 5.64. The summed E-state index contributed by atoms with van der Waals surface area (Å²) in [5, 5.41) is 14.7. The van der Waals surface area contributed by atoms with E-state index in [2.05, 4.69) is 10.5 Å². The second-order valence-electron chi connectivity index (χ2n) is 5.14. The van der Waals surface area contributed by atoms with E-state index in [9.17, 15) is 8.42 Å². The number of nitrogens with two attached hydrogens (primary N) is 1. The van der Waals surface area contributed by atoms with E-state index in [0.29, 0.717) is 13.0 Å². The first-order chi connectivity index (χ1) is 7.76. The van der Waals surface area contributed by atoms with E-state index in [0.717, 1.165) is 12.8 Å². The maximum atomic E-state index is 11.1. The van der Waals surface area contributed by atoms with Gasteiger partial charge in [-0.15, -0.1) is 0 Å². The van der Waals surface area contributed by atoms with Crippen molar-refractivity contribution in [3.05, 3.63) is 0 Å². The Balaban J connectivity index is 2.36. The van der Waals surface area contributed by atoms with Gasteiger partial charge in [0.1, 0.15) is 15.7 Å². The predicted molar refractivity (Wildman–Crippen MR) is 66.9 cm³/mol. The van der Waals surface area contributed by atoms with E-state index in [1.807, 2.05) is 6.92 Å². The summed E-state index contributed by atoms with van der Waals surface area (Å²) in [7, 11) is -2.95. The number of nitrogens with one attached hydrogen (secondary N) is 1. The molecule has 1 fully saturated rings. The second kappa shape index (κ2) is 5.22. The van der Waals surface area contributed by atoms with E-state index in [-0.39, 0.29) is 23.0 Å². The molecule has 0 saturated heterocycles. The standard InChI is InChI=1S/C10H21N3O3S/c1-8(6-17(2,15)16)12-7-10(3-4-10)5-9(11)13-14/h8,12,14H,3-7H2,1-2H3,(H2,11,13). The summed E-state index contributed by atoms with van der Waals surface area (Å²) in [5.41, 5.74) is 5.54. The third-order valence-corrected chi connectivity index (χ3v) is 4.13. The molecule has 1 unspecified atom stereocenters. The van der Waals surface area contributed by atoms with Gasteiger partial charge < -0.3 is 16.3 Å². The first-order valence-corrected chi connectivity index (χ1v) is 7.70. The van der Waals surface area contributed by atoms with Crippen LogP contribution >= 0.6 is 0 Å². The van der Waals surface area contributed by atoms with Crippen molar-refractivity contribution in [3.8, 4) is 0 Å². The van der Waals surface area contributed by atoms with Crippen molar-refractivity contribution in [1.29, 1.82) is 0 Å². The molecule has 0 radical (unpaired) electrons. The zero-order chi connectivity index (χ0) is 13.1. The van der Waals surface area contributed by atoms with Crippen molar-refractivity contribution in [3.63, 3.8) is 0 Å². The van der Waals surface area contributed by atoms with Crippen LogP contribution in [0.5, 0.6) is 0 Å². The fourth-order valence-corrected chi connectivity index (χ4v) is 2.94. The van der Waals surface area contributed by atoms with Crippen LogP contribution in [0.4, 0.5) is 0 Å². The molecule has 0 aromatic rings. The highest BCUT2D eigenvalue weighted by Gasteiger charge is 2.43. The molecule has 1 aliphatic carbocycles. The monoisotopic (exact) mass is 263 g/mol. The van der Waals surface area contributed by atoms with Crippen molar-refractivity contribution >= 4 is 15.7 Å². The number of sulfone groups is 1. The molecule has 1 aliphatic rings. The molecule has 0 heterocycles. The molecule has 1 rings (SSSR count). The SMILES string of the molecule is CC(CS(C)(=O)=O)NCC1(CC(N)=NO)CC1. The van der Waals surface area contributed by atoms with Gasteiger partial charge in [-0.3, -0.25) is 0 Å². The van der Waals surface area contributed by atoms with Crippen LogP contribution in [-0.4, -0.2) is 44.1 Å². The minimum Gasteiger partial charge on any atom is -0.409 e. The van der Waals surface area contributed by atoms with Gasteiger partial charge in [0.25, 0.3) is 0 Å². The van der Waals surface area contributed by atoms with Crippen LogP contribution in [0, 0.1) is 5.41 Å². The summed E-state index contributed by atoms with van der Waals surface area (Å²) in [6.07, 6.45) is 3.85. The lowest BCUT2D eigenvalue weighted by molar-refractivity contribution is 0.314. The van der Waals surface area contributed by atoms with Gasteiger partial charge in [-0.1, -0.05) is 5.16 Å². The summed E-state index contributed by atoms with van der Waals surface area (Å²) < 4.78 is 22.2. The van der Waals surface area contributed by atoms with Gasteiger partial charge >= 0.3 is 0 Å². The van der Waals surface area contributed by atoms with Gasteiger partial charge in [-0.05, 0) is 25.2 Å². The molecule has 1 atom stereocenters. The molecule has 0 amide bonds. The lowest BCUT2D eigenvalue weighted by atomic mass is 10.0. The largest absolute Gasteiger partial charge is 0.409 e. The fraction of sp³-hybridized carbons (Fsp3) is 0.900. The Morgan fingerprint density at radius 3 is 2.59 bits per heavy atom. The summed E-state index contributed by atoms with van der Waals surface area (Å²) in [5.74, 6) is 0.368. The van der Waals surface area contributed by atoms with Crippen molar-refractivity contribution < 1.29 is 13.6 Å². The van der Waals surface area contributed by atoms with Gasteiger partial charge in [0.15, 0.2) is 0 Å². The van der Waals surface area contributed by atoms with Crippen LogP contribution in [0.1, 0.15) is 26.2 Å². The summed E-state index contributed by atoms with van der Waals surface area (Å²) in [6, 6.07) is -0.0743. The Kier molecular flexibility index (Phi) is 4.37. The molecule has 17 heavy (non-hydrogen) atoms. The molecular formula is C10H21N3O3S. The Morgan fingerprint density at radius 2 is 2.18 bits per heavy atom. The van der Waals surface area contributed by atoms with Crippen LogP contribution in [0.2, 0.25) is 0 Å². The smallest absolute Gasteiger partial charge is 0.148 e. The molecule has 7 heteroatoms. The van der Waals surface area contributed by atoms with E-state index >= 15 is 0 Å². The highest BCUT2D eigenvalue weighted by atomic mass is 32.2. The number of nitrogens with zero attached hydrogens (tertiary/aromatic N) is 1. The van der Waals surface area contributed by atoms with E-state index in [4.69, 9.17) is 10.9 Å². The van der Waals surface area contributed by atoms with Crippen molar-refractivity contribution in [1.82, 2.24) is 5.32 Å². The third-order valence-electron chi connectivity index (χ3n) is 3.02. The first kappa shape index (κ1) is 14.2. The van der Waals surface area contributed by atoms with Crippen molar-refractivity contribution in [2.45, 2.75) is 32.2 Å². The molecular weight excluding hydrogens is 242 g/mol. The van der Waals surface area contributed by atoms with Gasteiger partial charge in [-0.2, -0.15) is 0 Å². The zero-order valence-corrected chi connectivity index (χ0v) is 11.1. The molecule has 6 nitrogen and oxygen atoms in total. The molecule has 4 N–H and O–H groups in total. The lowest BCUT2D eigenvalue weighted by Gasteiger charge is -2.19. The molecule has 100 valence electrons. The molecule has 0 bridgehead atoms. The quantitative estimate of drug-likeness (QED) is 0.258. The van der Waals surface area contributed by atoms with Crippen LogP contribution < -0.4 is 11.1 Å². The Morgan fingerprint density at radius 1 is 1.59 bits per heavy atom. The number of rotatable bonds is 7. The van der Waals surface area contributed by atoms with E-state index in [1.54, 1.807) is 0 Å². The fourth-order valence-electron chi connectivity index (χ4n) is 1.92. The van der Waals surface area contributed by atoms with Crippen LogP contribution in [-0.2, 0) is 9.84 Å². The van der Waals surface area contributed by atoms with Gasteiger partial charge in [0.05, 0.1) is 5.75 Å². The maximum absolute atomic E-state index is 11.1. The van der Waals surface area contributed by atoms with Gasteiger partial charge in [-0.25, -0.2) is 8.42 Å². The maximum Gasteiger partial charge on any atom is 0.148 e. The van der Waals surface area contributed by atoms with Gasteiger partial charge in [0, 0.05) is 25.3 Å². The normalized spacial score (nSPS) is 21.2. The number of hydrogen-bond acceptors (Lipinski definition) is 5. The highest BCUT2D eigenvalue weighted by molar-refractivity contribution is 7.90. The molecule has 0 spiro atoms. The van der Waals surface area contributed by atoms with Crippen molar-refractivity contribution in [2.24, 2.45) is 16.3 Å². The lowest BCUT2D eigenvalue weighted by Crippen LogP contribution is -2.37. The highest BCUT2D eigenvalue weighted by Crippen LogP contribution is 2.48. The molecule has 0 aliphatic heterocycles. The summed E-state index contributed by atoms with van der Waals surface area (Å²) >= 11 is 0. The topological polar surface area (TPSA) is 105 Å². The van der Waals surface area contributed by atoms with Gasteiger partial charge in [0.2, 0.25) is 0 Å². The van der Waals surface area contributed by atoms with E-state index in [1.165, 1.54) is 6.26 Å². The summed E-state index contributed by atoms with van der Waals surface area (Å²) in [6.45, 7) is 2.56.